The van der Waals surface area contributed by atoms with Gasteiger partial charge in [0.15, 0.2) is 0 Å². The zero-order valence-electron chi connectivity index (χ0n) is 13.5. The van der Waals surface area contributed by atoms with Gasteiger partial charge in [0.25, 0.3) is 0 Å². The van der Waals surface area contributed by atoms with Crippen molar-refractivity contribution in [1.29, 1.82) is 0 Å². The molecule has 0 saturated carbocycles. The van der Waals surface area contributed by atoms with Gasteiger partial charge in [0.05, 0.1) is 8.22 Å². The molecule has 0 N–H and O–H groups in total. The van der Waals surface area contributed by atoms with Gasteiger partial charge >= 0.3 is 0 Å². The van der Waals surface area contributed by atoms with Crippen LogP contribution in [0, 0.1) is 11.8 Å². The van der Waals surface area contributed by atoms with Crippen molar-refractivity contribution in [3.63, 3.8) is 0 Å². The van der Waals surface area contributed by atoms with Crippen LogP contribution in [0.15, 0.2) is 30.3 Å². The minimum Gasteiger partial charge on any atom is -0.266 e. The lowest BCUT2D eigenvalue weighted by Gasteiger charge is -2.45. The van der Waals surface area contributed by atoms with E-state index < -0.39 is 0 Å². The van der Waals surface area contributed by atoms with Crippen LogP contribution in [-0.4, -0.2) is 35.5 Å². The maximum Gasteiger partial charge on any atom is 0.0724 e. The van der Waals surface area contributed by atoms with Crippen molar-refractivity contribution in [2.75, 3.05) is 26.2 Å². The maximum atomic E-state index is 2.80. The van der Waals surface area contributed by atoms with E-state index in [1.165, 1.54) is 51.9 Å². The molecule has 21 heavy (non-hydrogen) atoms. The van der Waals surface area contributed by atoms with Crippen LogP contribution in [0.25, 0.3) is 0 Å². The van der Waals surface area contributed by atoms with Gasteiger partial charge in [-0.1, -0.05) is 44.2 Å². The molecule has 3 rings (SSSR count). The summed E-state index contributed by atoms with van der Waals surface area (Å²) >= 11 is 0. The highest BCUT2D eigenvalue weighted by atomic mass is 31.1. The van der Waals surface area contributed by atoms with Crippen LogP contribution in [0.5, 0.6) is 0 Å². The molecule has 1 unspecified atom stereocenters. The summed E-state index contributed by atoms with van der Waals surface area (Å²) in [6, 6.07) is 11.3. The average molecular weight is 304 g/mol. The van der Waals surface area contributed by atoms with Crippen LogP contribution in [-0.2, 0) is 0 Å². The van der Waals surface area contributed by atoms with Crippen LogP contribution >= 0.6 is 8.22 Å². The Labute approximate surface area is 131 Å². The highest BCUT2D eigenvalue weighted by Crippen LogP contribution is 2.47. The molecule has 0 aliphatic carbocycles. The van der Waals surface area contributed by atoms with Gasteiger partial charge in [0, 0.05) is 31.5 Å². The van der Waals surface area contributed by atoms with E-state index in [0.29, 0.717) is 0 Å². The second-order valence-corrected chi connectivity index (χ2v) is 9.17. The van der Waals surface area contributed by atoms with E-state index in [4.69, 9.17) is 0 Å². The summed E-state index contributed by atoms with van der Waals surface area (Å²) in [5, 5.41) is 1.55. The topological polar surface area (TPSA) is 6.48 Å². The molecule has 0 amide bonds. The summed E-state index contributed by atoms with van der Waals surface area (Å²) in [4.78, 5) is 0. The van der Waals surface area contributed by atoms with Crippen LogP contribution in [0.2, 0.25) is 0 Å². The molecule has 2 aliphatic heterocycles. The number of hydrogen-bond acceptors (Lipinski definition) is 2. The zero-order valence-corrected chi connectivity index (χ0v) is 14.4. The van der Waals surface area contributed by atoms with Crippen molar-refractivity contribution in [1.82, 2.24) is 9.34 Å². The summed E-state index contributed by atoms with van der Waals surface area (Å²) in [5.74, 6) is 1.71. The van der Waals surface area contributed by atoms with Gasteiger partial charge in [-0.15, -0.1) is 0 Å². The first kappa shape index (κ1) is 15.5. The molecule has 1 aromatic carbocycles. The van der Waals surface area contributed by atoms with Gasteiger partial charge < -0.3 is 0 Å². The lowest BCUT2D eigenvalue weighted by atomic mass is 10.0. The quantitative estimate of drug-likeness (QED) is 0.776. The Morgan fingerprint density at radius 1 is 0.857 bits per heavy atom. The molecule has 2 nitrogen and oxygen atoms in total. The van der Waals surface area contributed by atoms with E-state index in [1.54, 1.807) is 5.30 Å². The Kier molecular flexibility index (Phi) is 5.32. The van der Waals surface area contributed by atoms with Gasteiger partial charge in [0.1, 0.15) is 0 Å². The summed E-state index contributed by atoms with van der Waals surface area (Å²) in [6.07, 6.45) is 5.56. The van der Waals surface area contributed by atoms with Crippen LogP contribution in [0.1, 0.15) is 39.5 Å². The highest BCUT2D eigenvalue weighted by molar-refractivity contribution is 7.61. The minimum atomic E-state index is -0.279. The van der Waals surface area contributed by atoms with Crippen molar-refractivity contribution < 1.29 is 0 Å². The summed E-state index contributed by atoms with van der Waals surface area (Å²) in [6.45, 7) is 9.98. The van der Waals surface area contributed by atoms with E-state index in [-0.39, 0.29) is 8.22 Å². The molecular formula is C18H29N2P. The number of piperidine rings is 2. The normalized spacial score (nSPS) is 30.2. The molecule has 0 radical (unpaired) electrons. The number of hydrogen-bond donors (Lipinski definition) is 0. The van der Waals surface area contributed by atoms with Crippen LogP contribution in [0.3, 0.4) is 0 Å². The van der Waals surface area contributed by atoms with E-state index in [0.717, 1.165) is 11.8 Å². The molecule has 2 fully saturated rings. The van der Waals surface area contributed by atoms with E-state index in [2.05, 4.69) is 53.5 Å². The average Bonchev–Trinajstić information content (AvgIpc) is 2.49. The summed E-state index contributed by atoms with van der Waals surface area (Å²) in [7, 11) is -0.279. The van der Waals surface area contributed by atoms with Crippen molar-refractivity contribution in [3.8, 4) is 0 Å². The van der Waals surface area contributed by atoms with Crippen LogP contribution < -0.4 is 5.30 Å². The minimum absolute atomic E-state index is 0.279. The SMILES string of the molecule is C[C@@H]1CCCN(P(c2ccccc2)N2CCC[C@H](C)C2)C1. The second kappa shape index (κ2) is 7.22. The number of nitrogens with zero attached hydrogens (tertiary/aromatic N) is 2. The first-order chi connectivity index (χ1) is 10.2. The lowest BCUT2D eigenvalue weighted by Crippen LogP contribution is -2.42. The fraction of sp³-hybridized carbons (Fsp3) is 0.667. The third-order valence-electron chi connectivity index (χ3n) is 4.79. The van der Waals surface area contributed by atoms with Crippen molar-refractivity contribution in [3.05, 3.63) is 30.3 Å². The molecule has 0 aromatic heterocycles. The van der Waals surface area contributed by atoms with E-state index in [1.807, 2.05) is 0 Å². The van der Waals surface area contributed by atoms with Crippen LogP contribution in [0.4, 0.5) is 0 Å². The standard InChI is InChI=1S/C18H29N2P/c1-16-8-6-12-19(14-16)21(18-10-4-3-5-11-18)20-13-7-9-17(2)15-20/h3-5,10-11,16-17H,6-9,12-15H2,1-2H3/t16-,17+,21?. The zero-order chi connectivity index (χ0) is 14.7. The second-order valence-electron chi connectivity index (χ2n) is 6.95. The van der Waals surface area contributed by atoms with Gasteiger partial charge in [0.2, 0.25) is 0 Å². The Morgan fingerprint density at radius 2 is 1.38 bits per heavy atom. The predicted molar refractivity (Wildman–Crippen MR) is 92.9 cm³/mol. The van der Waals surface area contributed by atoms with Gasteiger partial charge in [-0.2, -0.15) is 0 Å². The Morgan fingerprint density at radius 3 is 1.86 bits per heavy atom. The number of rotatable bonds is 3. The summed E-state index contributed by atoms with van der Waals surface area (Å²) in [5.41, 5.74) is 0. The lowest BCUT2D eigenvalue weighted by molar-refractivity contribution is 0.250. The molecule has 3 atom stereocenters. The Hall–Kier alpha value is -0.430. The molecule has 0 bridgehead atoms. The molecule has 2 saturated heterocycles. The maximum absolute atomic E-state index is 2.80. The molecule has 1 aromatic rings. The fourth-order valence-electron chi connectivity index (χ4n) is 3.74. The molecule has 2 aliphatic rings. The van der Waals surface area contributed by atoms with Crippen molar-refractivity contribution in [2.24, 2.45) is 11.8 Å². The first-order valence-electron chi connectivity index (χ1n) is 8.59. The van der Waals surface area contributed by atoms with Gasteiger partial charge in [-0.25, -0.2) is 0 Å². The Balaban J connectivity index is 1.83. The van der Waals surface area contributed by atoms with Crippen molar-refractivity contribution in [2.45, 2.75) is 39.5 Å². The smallest absolute Gasteiger partial charge is 0.0724 e. The van der Waals surface area contributed by atoms with E-state index in [9.17, 15) is 0 Å². The molecule has 116 valence electrons. The Bertz CT molecular complexity index is 414. The molecule has 3 heteroatoms. The summed E-state index contributed by atoms with van der Waals surface area (Å²) < 4.78 is 5.60. The third kappa shape index (κ3) is 3.86. The fourth-order valence-corrected chi connectivity index (χ4v) is 6.72. The molecule has 2 heterocycles. The van der Waals surface area contributed by atoms with Gasteiger partial charge in [-0.05, 0) is 37.5 Å². The predicted octanol–water partition coefficient (Wildman–Crippen LogP) is 4.09. The van der Waals surface area contributed by atoms with E-state index >= 15 is 0 Å². The van der Waals surface area contributed by atoms with Gasteiger partial charge in [-0.3, -0.25) is 9.34 Å². The molecular weight excluding hydrogens is 275 g/mol. The highest BCUT2D eigenvalue weighted by Gasteiger charge is 2.32. The largest absolute Gasteiger partial charge is 0.266 e. The molecule has 0 spiro atoms. The third-order valence-corrected chi connectivity index (χ3v) is 7.35. The van der Waals surface area contributed by atoms with Crippen molar-refractivity contribution >= 4 is 13.5 Å². The monoisotopic (exact) mass is 304 g/mol. The number of benzene rings is 1. The first-order valence-corrected chi connectivity index (χ1v) is 9.83.